The molecule has 6 nitrogen and oxygen atoms in total. The topological polar surface area (TPSA) is 78.6 Å². The molecule has 0 unspecified atom stereocenters. The summed E-state index contributed by atoms with van der Waals surface area (Å²) >= 11 is 0. The van der Waals surface area contributed by atoms with Gasteiger partial charge in [0.1, 0.15) is 5.82 Å². The van der Waals surface area contributed by atoms with Gasteiger partial charge in [-0.05, 0) is 30.7 Å². The fourth-order valence-electron chi connectivity index (χ4n) is 2.75. The summed E-state index contributed by atoms with van der Waals surface area (Å²) in [5.74, 6) is 0.637. The first-order chi connectivity index (χ1) is 10.7. The maximum absolute atomic E-state index is 12.5. The number of hydrogen-bond acceptors (Lipinski definition) is 4. The molecule has 0 aliphatic carbocycles. The Balaban J connectivity index is 1.73. The van der Waals surface area contributed by atoms with Crippen molar-refractivity contribution in [3.05, 3.63) is 48.4 Å². The van der Waals surface area contributed by atoms with Gasteiger partial charge in [0.15, 0.2) is 0 Å². The second kappa shape index (κ2) is 5.90. The number of pyridine rings is 1. The fraction of sp³-hybridized carbons (Fsp3) is 0.375. The van der Waals surface area contributed by atoms with Crippen molar-refractivity contribution in [3.63, 3.8) is 0 Å². The smallest absolute Gasteiger partial charge is 0.255 e. The van der Waals surface area contributed by atoms with Crippen LogP contribution in [0.4, 0.5) is 0 Å². The Bertz CT molecular complexity index is 633. The Labute approximate surface area is 128 Å². The van der Waals surface area contributed by atoms with Crippen LogP contribution in [0.1, 0.15) is 16.8 Å². The Morgan fingerprint density at radius 3 is 2.50 bits per heavy atom. The first-order valence-electron chi connectivity index (χ1n) is 7.28. The van der Waals surface area contributed by atoms with E-state index in [1.165, 1.54) is 0 Å². The zero-order valence-corrected chi connectivity index (χ0v) is 12.2. The number of carbonyl (C=O) groups is 1. The van der Waals surface area contributed by atoms with Crippen LogP contribution >= 0.6 is 0 Å². The SMILES string of the molecule is O=C(c1ccc(-n2cccc2)nc1)N1CCC(CO)(CO)C1. The van der Waals surface area contributed by atoms with Crippen LogP contribution in [0, 0.1) is 5.41 Å². The highest BCUT2D eigenvalue weighted by Gasteiger charge is 2.39. The van der Waals surface area contributed by atoms with Crippen LogP contribution in [-0.4, -0.2) is 56.9 Å². The van der Waals surface area contributed by atoms with Crippen molar-refractivity contribution in [1.29, 1.82) is 0 Å². The summed E-state index contributed by atoms with van der Waals surface area (Å²) in [5.41, 5.74) is -0.0589. The van der Waals surface area contributed by atoms with Gasteiger partial charge in [-0.3, -0.25) is 4.79 Å². The normalized spacial score (nSPS) is 16.9. The van der Waals surface area contributed by atoms with Crippen LogP contribution in [0.25, 0.3) is 5.82 Å². The molecule has 1 aliphatic heterocycles. The number of rotatable bonds is 4. The number of aliphatic hydroxyl groups excluding tert-OH is 2. The minimum absolute atomic E-state index is 0.113. The molecular weight excluding hydrogens is 282 g/mol. The largest absolute Gasteiger partial charge is 0.396 e. The van der Waals surface area contributed by atoms with E-state index < -0.39 is 5.41 Å². The van der Waals surface area contributed by atoms with E-state index in [9.17, 15) is 15.0 Å². The lowest BCUT2D eigenvalue weighted by Crippen LogP contribution is -2.36. The predicted molar refractivity (Wildman–Crippen MR) is 80.7 cm³/mol. The van der Waals surface area contributed by atoms with Gasteiger partial charge in [-0.15, -0.1) is 0 Å². The number of amides is 1. The summed E-state index contributed by atoms with van der Waals surface area (Å²) in [6.45, 7) is 0.688. The zero-order valence-electron chi connectivity index (χ0n) is 12.2. The van der Waals surface area contributed by atoms with Crippen LogP contribution in [0.3, 0.4) is 0 Å². The number of nitrogens with zero attached hydrogens (tertiary/aromatic N) is 3. The van der Waals surface area contributed by atoms with Crippen LogP contribution < -0.4 is 0 Å². The van der Waals surface area contributed by atoms with Gasteiger partial charge in [0.25, 0.3) is 5.91 Å². The molecule has 1 fully saturated rings. The quantitative estimate of drug-likeness (QED) is 0.871. The van der Waals surface area contributed by atoms with Crippen molar-refractivity contribution < 1.29 is 15.0 Å². The molecule has 116 valence electrons. The standard InChI is InChI=1S/C16H19N3O3/c20-11-16(12-21)5-8-19(10-16)15(22)13-3-4-14(17-9-13)18-6-1-2-7-18/h1-4,6-7,9,20-21H,5,8,10-12H2. The van der Waals surface area contributed by atoms with E-state index in [0.29, 0.717) is 25.1 Å². The molecule has 2 aromatic rings. The van der Waals surface area contributed by atoms with Gasteiger partial charge in [0.2, 0.25) is 0 Å². The van der Waals surface area contributed by atoms with Gasteiger partial charge < -0.3 is 19.7 Å². The molecule has 0 atom stereocenters. The van der Waals surface area contributed by atoms with Crippen molar-refractivity contribution in [3.8, 4) is 5.82 Å². The third-order valence-corrected chi connectivity index (χ3v) is 4.26. The van der Waals surface area contributed by atoms with Crippen LogP contribution in [0.2, 0.25) is 0 Å². The Kier molecular flexibility index (Phi) is 3.96. The lowest BCUT2D eigenvalue weighted by molar-refractivity contribution is 0.0548. The maximum atomic E-state index is 12.5. The van der Waals surface area contributed by atoms with Gasteiger partial charge in [-0.1, -0.05) is 0 Å². The molecule has 1 saturated heterocycles. The maximum Gasteiger partial charge on any atom is 0.255 e. The summed E-state index contributed by atoms with van der Waals surface area (Å²) in [7, 11) is 0. The van der Waals surface area contributed by atoms with Gasteiger partial charge >= 0.3 is 0 Å². The van der Waals surface area contributed by atoms with Crippen molar-refractivity contribution in [2.24, 2.45) is 5.41 Å². The van der Waals surface area contributed by atoms with E-state index in [2.05, 4.69) is 4.98 Å². The monoisotopic (exact) mass is 301 g/mol. The lowest BCUT2D eigenvalue weighted by Gasteiger charge is -2.24. The summed E-state index contributed by atoms with van der Waals surface area (Å²) in [5, 5.41) is 18.8. The molecule has 6 heteroatoms. The predicted octanol–water partition coefficient (Wildman–Crippen LogP) is 0.689. The number of aliphatic hydroxyl groups is 2. The third kappa shape index (κ3) is 2.63. The van der Waals surface area contributed by atoms with E-state index in [1.54, 1.807) is 23.2 Å². The second-order valence-corrected chi connectivity index (χ2v) is 5.79. The molecule has 3 heterocycles. The van der Waals surface area contributed by atoms with Crippen molar-refractivity contribution in [2.45, 2.75) is 6.42 Å². The molecule has 2 N–H and O–H groups in total. The number of hydrogen-bond donors (Lipinski definition) is 2. The lowest BCUT2D eigenvalue weighted by atomic mass is 9.89. The van der Waals surface area contributed by atoms with Gasteiger partial charge in [0, 0.05) is 37.1 Å². The van der Waals surface area contributed by atoms with E-state index in [1.807, 2.05) is 29.1 Å². The van der Waals surface area contributed by atoms with Gasteiger partial charge in [-0.25, -0.2) is 4.98 Å². The molecule has 22 heavy (non-hydrogen) atoms. The first kappa shape index (κ1) is 14.7. The van der Waals surface area contributed by atoms with Crippen molar-refractivity contribution in [1.82, 2.24) is 14.5 Å². The molecule has 0 saturated carbocycles. The number of carbonyl (C=O) groups excluding carboxylic acids is 1. The molecule has 1 aliphatic rings. The third-order valence-electron chi connectivity index (χ3n) is 4.26. The molecule has 0 bridgehead atoms. The Morgan fingerprint density at radius 1 is 1.23 bits per heavy atom. The second-order valence-electron chi connectivity index (χ2n) is 5.79. The van der Waals surface area contributed by atoms with E-state index in [4.69, 9.17) is 0 Å². The van der Waals surface area contributed by atoms with E-state index in [0.717, 1.165) is 5.82 Å². The van der Waals surface area contributed by atoms with E-state index >= 15 is 0 Å². The highest BCUT2D eigenvalue weighted by molar-refractivity contribution is 5.94. The van der Waals surface area contributed by atoms with E-state index in [-0.39, 0.29) is 19.1 Å². The van der Waals surface area contributed by atoms with Crippen LogP contribution in [-0.2, 0) is 0 Å². The highest BCUT2D eigenvalue weighted by Crippen LogP contribution is 2.30. The number of aromatic nitrogens is 2. The molecule has 1 amide bonds. The minimum atomic E-state index is -0.575. The Hall–Kier alpha value is -2.18. The van der Waals surface area contributed by atoms with Gasteiger partial charge in [-0.2, -0.15) is 0 Å². The molecule has 3 rings (SSSR count). The van der Waals surface area contributed by atoms with Crippen molar-refractivity contribution >= 4 is 5.91 Å². The molecule has 0 radical (unpaired) electrons. The fourth-order valence-corrected chi connectivity index (χ4v) is 2.75. The summed E-state index contributed by atoms with van der Waals surface area (Å²) in [4.78, 5) is 18.5. The Morgan fingerprint density at radius 2 is 1.95 bits per heavy atom. The van der Waals surface area contributed by atoms with Crippen LogP contribution in [0.15, 0.2) is 42.9 Å². The first-order valence-corrected chi connectivity index (χ1v) is 7.28. The molecule has 2 aromatic heterocycles. The van der Waals surface area contributed by atoms with Crippen LogP contribution in [0.5, 0.6) is 0 Å². The van der Waals surface area contributed by atoms with Gasteiger partial charge in [0.05, 0.1) is 18.8 Å². The minimum Gasteiger partial charge on any atom is -0.396 e. The highest BCUT2D eigenvalue weighted by atomic mass is 16.3. The molecule has 0 aromatic carbocycles. The van der Waals surface area contributed by atoms with Crippen molar-refractivity contribution in [2.75, 3.05) is 26.3 Å². The zero-order chi connectivity index (χ0) is 15.6. The summed E-state index contributed by atoms with van der Waals surface area (Å²) < 4.78 is 1.87. The molecular formula is C16H19N3O3. The summed E-state index contributed by atoms with van der Waals surface area (Å²) in [6.07, 6.45) is 5.96. The average Bonchev–Trinajstić information content (AvgIpc) is 3.24. The number of likely N-dealkylation sites (tertiary alicyclic amines) is 1. The average molecular weight is 301 g/mol. The summed E-state index contributed by atoms with van der Waals surface area (Å²) in [6, 6.07) is 7.37. The molecule has 0 spiro atoms.